The molecule has 0 aliphatic rings. The Labute approximate surface area is 113 Å². The van der Waals surface area contributed by atoms with E-state index in [-0.39, 0.29) is 5.97 Å². The molecule has 0 aliphatic carbocycles. The number of carbonyl (C=O) groups is 1. The van der Waals surface area contributed by atoms with E-state index in [4.69, 9.17) is 16.3 Å². The minimum Gasteiger partial charge on any atom is -0.427 e. The van der Waals surface area contributed by atoms with Crippen LogP contribution in [0.5, 0.6) is 5.75 Å². The first kappa shape index (κ1) is 13.9. The average Bonchev–Trinajstić information content (AvgIpc) is 2.20. The van der Waals surface area contributed by atoms with E-state index in [9.17, 15) is 4.79 Å². The van der Waals surface area contributed by atoms with Crippen molar-refractivity contribution in [3.63, 3.8) is 0 Å². The van der Waals surface area contributed by atoms with E-state index in [2.05, 4.69) is 15.9 Å². The molecule has 0 radical (unpaired) electrons. The van der Waals surface area contributed by atoms with Gasteiger partial charge < -0.3 is 4.74 Å². The third-order valence-corrected chi connectivity index (χ3v) is 3.85. The van der Waals surface area contributed by atoms with Crippen molar-refractivity contribution in [2.75, 3.05) is 11.1 Å². The van der Waals surface area contributed by atoms with Crippen molar-refractivity contribution in [2.45, 2.75) is 18.2 Å². The topological polar surface area (TPSA) is 26.3 Å². The maximum Gasteiger partial charge on any atom is 0.308 e. The number of carbonyl (C=O) groups excluding carboxylic acids is 1. The van der Waals surface area contributed by atoms with Crippen molar-refractivity contribution >= 4 is 45.3 Å². The van der Waals surface area contributed by atoms with Gasteiger partial charge in [0.05, 0.1) is 5.02 Å². The molecule has 1 aromatic carbocycles. The molecule has 0 N–H and O–H groups in total. The molecule has 0 bridgehead atoms. The summed E-state index contributed by atoms with van der Waals surface area (Å²) in [6.45, 7) is 1.37. The van der Waals surface area contributed by atoms with Crippen molar-refractivity contribution in [3.05, 3.63) is 23.2 Å². The molecule has 0 saturated carbocycles. The fourth-order valence-electron chi connectivity index (χ4n) is 1.06. The van der Waals surface area contributed by atoms with Gasteiger partial charge in [0.25, 0.3) is 0 Å². The van der Waals surface area contributed by atoms with Gasteiger partial charge in [-0.05, 0) is 24.3 Å². The summed E-state index contributed by atoms with van der Waals surface area (Å²) in [5, 5.41) is 1.61. The molecule has 1 rings (SSSR count). The molecule has 0 amide bonds. The Bertz CT molecular complexity index is 371. The van der Waals surface area contributed by atoms with Crippen molar-refractivity contribution in [2.24, 2.45) is 0 Å². The van der Waals surface area contributed by atoms with Crippen LogP contribution in [-0.2, 0) is 4.79 Å². The first-order valence-electron chi connectivity index (χ1n) is 4.80. The van der Waals surface area contributed by atoms with Gasteiger partial charge in [0.1, 0.15) is 5.75 Å². The second-order valence-electron chi connectivity index (χ2n) is 3.08. The number of rotatable bonds is 5. The average molecular weight is 324 g/mol. The van der Waals surface area contributed by atoms with Crippen LogP contribution in [-0.4, -0.2) is 17.1 Å². The summed E-state index contributed by atoms with van der Waals surface area (Å²) in [6.07, 6.45) is 1.09. The number of hydrogen-bond acceptors (Lipinski definition) is 3. The van der Waals surface area contributed by atoms with Crippen LogP contribution in [0.1, 0.15) is 13.3 Å². The Balaban J connectivity index is 2.64. The quantitative estimate of drug-likeness (QED) is 0.268. The number of hydrogen-bond donors (Lipinski definition) is 0. The summed E-state index contributed by atoms with van der Waals surface area (Å²) < 4.78 is 4.94. The zero-order valence-corrected chi connectivity index (χ0v) is 12.0. The Hall–Kier alpha value is -0.190. The van der Waals surface area contributed by atoms with Crippen LogP contribution in [0, 0.1) is 0 Å². The van der Waals surface area contributed by atoms with Crippen LogP contribution in [0.4, 0.5) is 0 Å². The summed E-state index contributed by atoms with van der Waals surface area (Å²) in [4.78, 5) is 11.8. The summed E-state index contributed by atoms with van der Waals surface area (Å²) in [6, 6.07) is 5.29. The Morgan fingerprint density at radius 1 is 1.56 bits per heavy atom. The normalized spacial score (nSPS) is 10.2. The lowest BCUT2D eigenvalue weighted by Gasteiger charge is -2.06. The minimum absolute atomic E-state index is 0.337. The highest BCUT2D eigenvalue weighted by atomic mass is 79.9. The molecule has 0 fully saturated rings. The molecule has 5 heteroatoms. The highest BCUT2D eigenvalue weighted by Gasteiger charge is 2.04. The van der Waals surface area contributed by atoms with Crippen molar-refractivity contribution in [3.8, 4) is 5.75 Å². The highest BCUT2D eigenvalue weighted by Crippen LogP contribution is 2.31. The predicted molar refractivity (Wildman–Crippen MR) is 71.9 cm³/mol. The molecule has 0 aliphatic heterocycles. The lowest BCUT2D eigenvalue weighted by atomic mass is 10.3. The summed E-state index contributed by atoms with van der Waals surface area (Å²) >= 11 is 11.1. The Morgan fingerprint density at radius 3 is 2.88 bits per heavy atom. The fourth-order valence-corrected chi connectivity index (χ4v) is 2.92. The second kappa shape index (κ2) is 7.20. The maximum absolute atomic E-state index is 10.7. The van der Waals surface area contributed by atoms with Gasteiger partial charge in [-0.15, -0.1) is 11.8 Å². The first-order valence-corrected chi connectivity index (χ1v) is 7.28. The molecule has 16 heavy (non-hydrogen) atoms. The van der Waals surface area contributed by atoms with E-state index in [0.29, 0.717) is 10.8 Å². The predicted octanol–water partition coefficient (Wildman–Crippen LogP) is 4.14. The van der Waals surface area contributed by atoms with Gasteiger partial charge in [-0.3, -0.25) is 4.79 Å². The van der Waals surface area contributed by atoms with Crippen molar-refractivity contribution < 1.29 is 9.53 Å². The minimum atomic E-state index is -0.337. The molecule has 1 aromatic rings. The van der Waals surface area contributed by atoms with Crippen LogP contribution in [0.15, 0.2) is 23.1 Å². The van der Waals surface area contributed by atoms with E-state index >= 15 is 0 Å². The van der Waals surface area contributed by atoms with Gasteiger partial charge in [0.2, 0.25) is 0 Å². The number of thioether (sulfide) groups is 1. The van der Waals surface area contributed by atoms with E-state index in [1.165, 1.54) is 6.92 Å². The molecule has 0 spiro atoms. The van der Waals surface area contributed by atoms with Gasteiger partial charge in [-0.1, -0.05) is 27.5 Å². The SMILES string of the molecule is CC(=O)Oc1ccc(SCCCBr)c(Cl)c1. The molecular formula is C11H12BrClO2S. The van der Waals surface area contributed by atoms with Crippen LogP contribution in [0.3, 0.4) is 0 Å². The van der Waals surface area contributed by atoms with Gasteiger partial charge in [0, 0.05) is 23.2 Å². The van der Waals surface area contributed by atoms with E-state index < -0.39 is 0 Å². The van der Waals surface area contributed by atoms with Gasteiger partial charge in [-0.25, -0.2) is 0 Å². The van der Waals surface area contributed by atoms with E-state index in [1.54, 1.807) is 23.9 Å². The molecular weight excluding hydrogens is 312 g/mol. The first-order chi connectivity index (χ1) is 7.63. The Morgan fingerprint density at radius 2 is 2.31 bits per heavy atom. The zero-order chi connectivity index (χ0) is 12.0. The zero-order valence-electron chi connectivity index (χ0n) is 8.83. The third-order valence-electron chi connectivity index (χ3n) is 1.70. The lowest BCUT2D eigenvalue weighted by molar-refractivity contribution is -0.131. The summed E-state index contributed by atoms with van der Waals surface area (Å²) in [5.41, 5.74) is 0. The van der Waals surface area contributed by atoms with E-state index in [1.807, 2.05) is 6.07 Å². The summed E-state index contributed by atoms with van der Waals surface area (Å²) in [5.74, 6) is 1.16. The number of ether oxygens (including phenoxy) is 1. The number of benzene rings is 1. The van der Waals surface area contributed by atoms with Gasteiger partial charge >= 0.3 is 5.97 Å². The molecule has 0 aromatic heterocycles. The smallest absolute Gasteiger partial charge is 0.308 e. The molecule has 2 nitrogen and oxygen atoms in total. The fraction of sp³-hybridized carbons (Fsp3) is 0.364. The maximum atomic E-state index is 10.7. The standard InChI is InChI=1S/C11H12BrClO2S/c1-8(14)15-9-3-4-11(10(13)7-9)16-6-2-5-12/h3-4,7H,2,5-6H2,1H3. The van der Waals surface area contributed by atoms with Gasteiger partial charge in [-0.2, -0.15) is 0 Å². The van der Waals surface area contributed by atoms with Crippen LogP contribution in [0.25, 0.3) is 0 Å². The van der Waals surface area contributed by atoms with Crippen LogP contribution in [0.2, 0.25) is 5.02 Å². The Kier molecular flexibility index (Phi) is 6.24. The summed E-state index contributed by atoms with van der Waals surface area (Å²) in [7, 11) is 0. The van der Waals surface area contributed by atoms with Crippen LogP contribution >= 0.6 is 39.3 Å². The second-order valence-corrected chi connectivity index (χ2v) is 5.41. The number of esters is 1. The molecule has 0 heterocycles. The highest BCUT2D eigenvalue weighted by molar-refractivity contribution is 9.09. The largest absolute Gasteiger partial charge is 0.427 e. The monoisotopic (exact) mass is 322 g/mol. The number of halogens is 2. The van der Waals surface area contributed by atoms with Crippen LogP contribution < -0.4 is 4.74 Å². The molecule has 0 saturated heterocycles. The molecule has 0 unspecified atom stereocenters. The van der Waals surface area contributed by atoms with Crippen molar-refractivity contribution in [1.82, 2.24) is 0 Å². The number of alkyl halides is 1. The lowest BCUT2D eigenvalue weighted by Crippen LogP contribution is -2.01. The van der Waals surface area contributed by atoms with Gasteiger partial charge in [0.15, 0.2) is 0 Å². The van der Waals surface area contributed by atoms with Crippen molar-refractivity contribution in [1.29, 1.82) is 0 Å². The molecule has 0 atom stereocenters. The van der Waals surface area contributed by atoms with E-state index in [0.717, 1.165) is 22.4 Å². The third kappa shape index (κ3) is 4.76. The molecule has 88 valence electrons.